The SMILES string of the molecule is CCOC(=O)C(C)(CSc1cccc(C)c1)NC1CC1. The van der Waals surface area contributed by atoms with Crippen LogP contribution in [-0.4, -0.2) is 29.9 Å². The third-order valence-electron chi connectivity index (χ3n) is 3.34. The first kappa shape index (κ1) is 15.4. The Morgan fingerprint density at radius 1 is 1.50 bits per heavy atom. The third kappa shape index (κ3) is 4.25. The second-order valence-electron chi connectivity index (χ2n) is 5.58. The first-order valence-corrected chi connectivity index (χ1v) is 8.16. The molecule has 110 valence electrons. The molecule has 1 aliphatic rings. The van der Waals surface area contributed by atoms with Crippen LogP contribution in [0.2, 0.25) is 0 Å². The minimum absolute atomic E-state index is 0.146. The molecular weight excluding hydrogens is 270 g/mol. The largest absolute Gasteiger partial charge is 0.465 e. The third-order valence-corrected chi connectivity index (χ3v) is 4.65. The fourth-order valence-corrected chi connectivity index (χ4v) is 3.16. The van der Waals surface area contributed by atoms with Gasteiger partial charge in [-0.1, -0.05) is 17.7 Å². The van der Waals surface area contributed by atoms with Crippen LogP contribution < -0.4 is 5.32 Å². The van der Waals surface area contributed by atoms with Crippen molar-refractivity contribution in [3.05, 3.63) is 29.8 Å². The van der Waals surface area contributed by atoms with Crippen molar-refractivity contribution in [1.82, 2.24) is 5.32 Å². The molecule has 0 aromatic heterocycles. The second-order valence-corrected chi connectivity index (χ2v) is 6.63. The number of hydrogen-bond acceptors (Lipinski definition) is 4. The van der Waals surface area contributed by atoms with Crippen molar-refractivity contribution in [3.63, 3.8) is 0 Å². The molecule has 4 heteroatoms. The van der Waals surface area contributed by atoms with E-state index in [1.807, 2.05) is 19.9 Å². The fourth-order valence-electron chi connectivity index (χ4n) is 2.06. The number of aryl methyl sites for hydroxylation is 1. The standard InChI is InChI=1S/C16H23NO2S/c1-4-19-15(18)16(3,17-13-8-9-13)11-20-14-7-5-6-12(2)10-14/h5-7,10,13,17H,4,8-9,11H2,1-3H3. The smallest absolute Gasteiger partial charge is 0.326 e. The molecule has 1 aliphatic carbocycles. The number of esters is 1. The van der Waals surface area contributed by atoms with Gasteiger partial charge in [0.15, 0.2) is 0 Å². The summed E-state index contributed by atoms with van der Waals surface area (Å²) in [7, 11) is 0. The van der Waals surface area contributed by atoms with E-state index in [1.54, 1.807) is 11.8 Å². The van der Waals surface area contributed by atoms with Crippen molar-refractivity contribution >= 4 is 17.7 Å². The van der Waals surface area contributed by atoms with E-state index in [-0.39, 0.29) is 5.97 Å². The van der Waals surface area contributed by atoms with Crippen molar-refractivity contribution in [2.24, 2.45) is 0 Å². The van der Waals surface area contributed by atoms with E-state index in [0.29, 0.717) is 18.4 Å². The lowest BCUT2D eigenvalue weighted by molar-refractivity contribution is -0.149. The summed E-state index contributed by atoms with van der Waals surface area (Å²) in [5.41, 5.74) is 0.633. The van der Waals surface area contributed by atoms with Crippen LogP contribution in [0.5, 0.6) is 0 Å². The van der Waals surface area contributed by atoms with Gasteiger partial charge in [-0.3, -0.25) is 10.1 Å². The van der Waals surface area contributed by atoms with Crippen LogP contribution in [0.4, 0.5) is 0 Å². The molecule has 0 radical (unpaired) electrons. The Morgan fingerprint density at radius 3 is 2.85 bits per heavy atom. The molecule has 3 nitrogen and oxygen atoms in total. The van der Waals surface area contributed by atoms with Gasteiger partial charge in [0.05, 0.1) is 6.61 Å². The predicted molar refractivity (Wildman–Crippen MR) is 83.1 cm³/mol. The fraction of sp³-hybridized carbons (Fsp3) is 0.562. The maximum Gasteiger partial charge on any atom is 0.326 e. The zero-order valence-corrected chi connectivity index (χ0v) is 13.3. The summed E-state index contributed by atoms with van der Waals surface area (Å²) in [6.45, 7) is 6.31. The number of nitrogens with one attached hydrogen (secondary N) is 1. The van der Waals surface area contributed by atoms with Crippen molar-refractivity contribution in [3.8, 4) is 0 Å². The molecule has 1 aromatic rings. The van der Waals surface area contributed by atoms with Gasteiger partial charge in [-0.25, -0.2) is 0 Å². The van der Waals surface area contributed by atoms with Gasteiger partial charge in [-0.15, -0.1) is 11.8 Å². The lowest BCUT2D eigenvalue weighted by Gasteiger charge is -2.28. The summed E-state index contributed by atoms with van der Waals surface area (Å²) in [6, 6.07) is 8.83. The van der Waals surface area contributed by atoms with Crippen molar-refractivity contribution < 1.29 is 9.53 Å². The Hall–Kier alpha value is -1.00. The first-order chi connectivity index (χ1) is 9.53. The molecule has 1 aromatic carbocycles. The van der Waals surface area contributed by atoms with Gasteiger partial charge in [0, 0.05) is 16.7 Å². The van der Waals surface area contributed by atoms with Gasteiger partial charge in [-0.2, -0.15) is 0 Å². The average Bonchev–Trinajstić information content (AvgIpc) is 3.21. The van der Waals surface area contributed by atoms with Crippen LogP contribution >= 0.6 is 11.8 Å². The molecule has 1 N–H and O–H groups in total. The van der Waals surface area contributed by atoms with Gasteiger partial charge in [-0.05, 0) is 45.7 Å². The molecule has 1 atom stereocenters. The normalized spacial score (nSPS) is 17.6. The van der Waals surface area contributed by atoms with Crippen LogP contribution in [0.25, 0.3) is 0 Å². The van der Waals surface area contributed by atoms with Gasteiger partial charge < -0.3 is 4.74 Å². The van der Waals surface area contributed by atoms with Crippen LogP contribution in [0, 0.1) is 6.92 Å². The van der Waals surface area contributed by atoms with E-state index >= 15 is 0 Å². The minimum Gasteiger partial charge on any atom is -0.465 e. The van der Waals surface area contributed by atoms with Crippen LogP contribution in [0.1, 0.15) is 32.3 Å². The molecule has 1 fully saturated rings. The molecule has 2 rings (SSSR count). The first-order valence-electron chi connectivity index (χ1n) is 7.18. The van der Waals surface area contributed by atoms with Crippen molar-refractivity contribution in [2.45, 2.75) is 50.1 Å². The van der Waals surface area contributed by atoms with Crippen LogP contribution in [0.3, 0.4) is 0 Å². The number of benzene rings is 1. The van der Waals surface area contributed by atoms with Crippen LogP contribution in [-0.2, 0) is 9.53 Å². The highest BCUT2D eigenvalue weighted by Gasteiger charge is 2.39. The minimum atomic E-state index is -0.606. The number of thioether (sulfide) groups is 1. The molecule has 0 heterocycles. The van der Waals surface area contributed by atoms with E-state index in [9.17, 15) is 4.79 Å². The monoisotopic (exact) mass is 293 g/mol. The summed E-state index contributed by atoms with van der Waals surface area (Å²) in [6.07, 6.45) is 2.31. The molecule has 0 aliphatic heterocycles. The number of carbonyl (C=O) groups excluding carboxylic acids is 1. The topological polar surface area (TPSA) is 38.3 Å². The zero-order chi connectivity index (χ0) is 14.6. The van der Waals surface area contributed by atoms with E-state index in [0.717, 1.165) is 12.8 Å². The quantitative estimate of drug-likeness (QED) is 0.619. The highest BCUT2D eigenvalue weighted by atomic mass is 32.2. The molecule has 1 unspecified atom stereocenters. The maximum absolute atomic E-state index is 12.2. The maximum atomic E-state index is 12.2. The number of rotatable bonds is 7. The summed E-state index contributed by atoms with van der Waals surface area (Å²) < 4.78 is 5.23. The van der Waals surface area contributed by atoms with E-state index in [1.165, 1.54) is 10.5 Å². The average molecular weight is 293 g/mol. The number of hydrogen-bond donors (Lipinski definition) is 1. The molecule has 0 saturated heterocycles. The molecule has 20 heavy (non-hydrogen) atoms. The lowest BCUT2D eigenvalue weighted by atomic mass is 10.1. The molecule has 0 spiro atoms. The van der Waals surface area contributed by atoms with Gasteiger partial charge in [0.2, 0.25) is 0 Å². The van der Waals surface area contributed by atoms with Crippen molar-refractivity contribution in [1.29, 1.82) is 0 Å². The van der Waals surface area contributed by atoms with Gasteiger partial charge in [0.1, 0.15) is 5.54 Å². The molecule has 0 amide bonds. The highest BCUT2D eigenvalue weighted by Crippen LogP contribution is 2.28. The van der Waals surface area contributed by atoms with E-state index < -0.39 is 5.54 Å². The van der Waals surface area contributed by atoms with Crippen LogP contribution in [0.15, 0.2) is 29.2 Å². The van der Waals surface area contributed by atoms with E-state index in [4.69, 9.17) is 4.74 Å². The summed E-state index contributed by atoms with van der Waals surface area (Å²) in [5.74, 6) is 0.540. The lowest BCUT2D eigenvalue weighted by Crippen LogP contribution is -2.53. The van der Waals surface area contributed by atoms with E-state index in [2.05, 4.69) is 30.4 Å². The number of carbonyl (C=O) groups is 1. The molecule has 0 bridgehead atoms. The summed E-state index contributed by atoms with van der Waals surface area (Å²) in [4.78, 5) is 13.4. The Morgan fingerprint density at radius 2 is 2.25 bits per heavy atom. The summed E-state index contributed by atoms with van der Waals surface area (Å²) in [5, 5.41) is 3.44. The summed E-state index contributed by atoms with van der Waals surface area (Å²) >= 11 is 1.70. The second kappa shape index (κ2) is 6.64. The molecular formula is C16H23NO2S. The predicted octanol–water partition coefficient (Wildman–Crippen LogP) is 3.16. The Balaban J connectivity index is 2.01. The van der Waals surface area contributed by atoms with Gasteiger partial charge in [0.25, 0.3) is 0 Å². The molecule has 1 saturated carbocycles. The van der Waals surface area contributed by atoms with Crippen molar-refractivity contribution in [2.75, 3.05) is 12.4 Å². The Kier molecular flexibility index (Phi) is 5.11. The Labute approximate surface area is 125 Å². The highest BCUT2D eigenvalue weighted by molar-refractivity contribution is 7.99. The number of ether oxygens (including phenoxy) is 1. The van der Waals surface area contributed by atoms with Gasteiger partial charge >= 0.3 is 5.97 Å². The zero-order valence-electron chi connectivity index (χ0n) is 12.4. The Bertz CT molecular complexity index is 473.